The largest absolute Gasteiger partial charge is 0.416 e. The minimum atomic E-state index is -4.69. The predicted octanol–water partition coefficient (Wildman–Crippen LogP) is 5.62. The van der Waals surface area contributed by atoms with E-state index in [9.17, 15) is 36.8 Å². The van der Waals surface area contributed by atoms with Crippen LogP contribution in [0.5, 0.6) is 0 Å². The Morgan fingerprint density at radius 3 is 2.39 bits per heavy atom. The van der Waals surface area contributed by atoms with Gasteiger partial charge in [0.15, 0.2) is 6.19 Å². The lowest BCUT2D eigenvalue weighted by atomic mass is 9.80. The van der Waals surface area contributed by atoms with Crippen molar-refractivity contribution in [3.05, 3.63) is 113 Å². The molecule has 13 heteroatoms. The van der Waals surface area contributed by atoms with Gasteiger partial charge in [0, 0.05) is 36.6 Å². The molecule has 0 saturated carbocycles. The van der Waals surface area contributed by atoms with Crippen LogP contribution in [0.25, 0.3) is 5.69 Å². The highest BCUT2D eigenvalue weighted by atomic mass is 19.4. The summed E-state index contributed by atoms with van der Waals surface area (Å²) in [5.74, 6) is -2.57. The number of halogens is 5. The number of anilines is 1. The molecule has 0 radical (unpaired) electrons. The van der Waals surface area contributed by atoms with Crippen molar-refractivity contribution >= 4 is 17.6 Å². The van der Waals surface area contributed by atoms with Crippen LogP contribution < -0.4 is 10.2 Å². The lowest BCUT2D eigenvalue weighted by molar-refractivity contribution is -0.137. The Labute approximate surface area is 261 Å². The van der Waals surface area contributed by atoms with Gasteiger partial charge in [0.1, 0.15) is 24.4 Å². The van der Waals surface area contributed by atoms with Crippen molar-refractivity contribution in [2.75, 3.05) is 31.2 Å². The average molecular weight is 637 g/mol. The SMILES string of the molecule is CCN1C(=O)[C@@H](NC(=O)c2cccc(C(F)(F)F)c2)[C@@H](c2ccc(F)cc2)c2c(CCN(C#N)CCF)nn(-c3ccccc3)c21. The van der Waals surface area contributed by atoms with Crippen molar-refractivity contribution in [1.29, 1.82) is 5.26 Å². The molecule has 0 spiro atoms. The van der Waals surface area contributed by atoms with Gasteiger partial charge in [-0.3, -0.25) is 14.5 Å². The number of aromatic nitrogens is 2. The van der Waals surface area contributed by atoms with Gasteiger partial charge < -0.3 is 10.2 Å². The maximum atomic E-state index is 14.3. The molecule has 46 heavy (non-hydrogen) atoms. The molecule has 5 rings (SSSR count). The quantitative estimate of drug-likeness (QED) is 0.139. The maximum Gasteiger partial charge on any atom is 0.416 e. The number of carbonyl (C=O) groups excluding carboxylic acids is 2. The first-order valence-corrected chi connectivity index (χ1v) is 14.5. The van der Waals surface area contributed by atoms with Gasteiger partial charge in [-0.05, 0) is 55.0 Å². The first-order chi connectivity index (χ1) is 22.1. The Bertz CT molecular complexity index is 1750. The number of para-hydroxylation sites is 1. The predicted molar refractivity (Wildman–Crippen MR) is 159 cm³/mol. The summed E-state index contributed by atoms with van der Waals surface area (Å²) in [6.07, 6.45) is -2.59. The summed E-state index contributed by atoms with van der Waals surface area (Å²) in [5.41, 5.74) is 0.674. The van der Waals surface area contributed by atoms with E-state index in [1.54, 1.807) is 35.9 Å². The van der Waals surface area contributed by atoms with Gasteiger partial charge in [0.2, 0.25) is 0 Å². The van der Waals surface area contributed by atoms with E-state index in [1.807, 2.05) is 12.3 Å². The molecule has 1 aliphatic rings. The van der Waals surface area contributed by atoms with E-state index in [-0.39, 0.29) is 31.6 Å². The molecular formula is C33H29F5N6O2. The molecule has 4 aromatic rings. The van der Waals surface area contributed by atoms with Crippen molar-refractivity contribution in [3.63, 3.8) is 0 Å². The van der Waals surface area contributed by atoms with E-state index in [0.29, 0.717) is 34.4 Å². The summed E-state index contributed by atoms with van der Waals surface area (Å²) in [4.78, 5) is 30.4. The first-order valence-electron chi connectivity index (χ1n) is 14.5. The van der Waals surface area contributed by atoms with Gasteiger partial charge in [-0.25, -0.2) is 13.5 Å². The Morgan fingerprint density at radius 2 is 1.76 bits per heavy atom. The van der Waals surface area contributed by atoms with Crippen molar-refractivity contribution in [2.45, 2.75) is 31.5 Å². The number of amides is 2. The Kier molecular flexibility index (Phi) is 9.36. The van der Waals surface area contributed by atoms with E-state index >= 15 is 0 Å². The van der Waals surface area contributed by atoms with E-state index in [4.69, 9.17) is 5.10 Å². The molecule has 0 aliphatic carbocycles. The number of nitrogens with zero attached hydrogens (tertiary/aromatic N) is 5. The molecule has 3 aromatic carbocycles. The van der Waals surface area contributed by atoms with Crippen molar-refractivity contribution in [1.82, 2.24) is 20.0 Å². The average Bonchev–Trinajstić information content (AvgIpc) is 3.42. The van der Waals surface area contributed by atoms with Crippen LogP contribution in [0.15, 0.2) is 78.9 Å². The smallest absolute Gasteiger partial charge is 0.339 e. The summed E-state index contributed by atoms with van der Waals surface area (Å²) in [6.45, 7) is 1.09. The van der Waals surface area contributed by atoms with E-state index in [1.165, 1.54) is 40.1 Å². The van der Waals surface area contributed by atoms with Gasteiger partial charge >= 0.3 is 6.18 Å². The molecule has 0 bridgehead atoms. The Hall–Kier alpha value is -5.25. The third-order valence-electron chi connectivity index (χ3n) is 7.80. The molecule has 1 aromatic heterocycles. The molecule has 2 amide bonds. The number of rotatable bonds is 10. The van der Waals surface area contributed by atoms with Crippen LogP contribution in [-0.4, -0.2) is 58.8 Å². The number of alkyl halides is 4. The van der Waals surface area contributed by atoms with E-state index in [0.717, 1.165) is 12.1 Å². The molecule has 8 nitrogen and oxygen atoms in total. The van der Waals surface area contributed by atoms with Crippen LogP contribution in [0.2, 0.25) is 0 Å². The van der Waals surface area contributed by atoms with E-state index in [2.05, 4.69) is 5.32 Å². The van der Waals surface area contributed by atoms with Crippen LogP contribution in [0.1, 0.15) is 45.6 Å². The van der Waals surface area contributed by atoms with Crippen molar-refractivity contribution in [3.8, 4) is 11.9 Å². The lowest BCUT2D eigenvalue weighted by Crippen LogP contribution is -2.55. The monoisotopic (exact) mass is 636 g/mol. The zero-order valence-corrected chi connectivity index (χ0v) is 24.6. The second-order valence-electron chi connectivity index (χ2n) is 10.6. The van der Waals surface area contributed by atoms with Crippen molar-refractivity contribution in [2.24, 2.45) is 0 Å². The summed E-state index contributed by atoms with van der Waals surface area (Å²) in [7, 11) is 0. The molecule has 0 saturated heterocycles. The zero-order valence-electron chi connectivity index (χ0n) is 24.6. The molecule has 238 valence electrons. The second-order valence-corrected chi connectivity index (χ2v) is 10.6. The third-order valence-corrected chi connectivity index (χ3v) is 7.80. The van der Waals surface area contributed by atoms with Crippen LogP contribution in [0.3, 0.4) is 0 Å². The topological polar surface area (TPSA) is 94.3 Å². The minimum absolute atomic E-state index is 0.0934. The van der Waals surface area contributed by atoms with E-state index < -0.39 is 48.0 Å². The summed E-state index contributed by atoms with van der Waals surface area (Å²) < 4.78 is 69.1. The molecule has 2 heterocycles. The molecule has 0 fully saturated rings. The third kappa shape index (κ3) is 6.42. The fourth-order valence-corrected chi connectivity index (χ4v) is 5.65. The molecule has 0 unspecified atom stereocenters. The molecule has 1 aliphatic heterocycles. The van der Waals surface area contributed by atoms with Gasteiger partial charge in [-0.15, -0.1) is 0 Å². The van der Waals surface area contributed by atoms with Gasteiger partial charge in [0.05, 0.1) is 23.5 Å². The number of fused-ring (bicyclic) bond motifs is 1. The maximum absolute atomic E-state index is 14.3. The number of hydrogen-bond donors (Lipinski definition) is 1. The number of carbonyl (C=O) groups is 2. The molecular weight excluding hydrogens is 607 g/mol. The fourth-order valence-electron chi connectivity index (χ4n) is 5.65. The Morgan fingerprint density at radius 1 is 1.04 bits per heavy atom. The fraction of sp³-hybridized carbons (Fsp3) is 0.273. The lowest BCUT2D eigenvalue weighted by Gasteiger charge is -2.38. The highest BCUT2D eigenvalue weighted by molar-refractivity contribution is 6.05. The van der Waals surface area contributed by atoms with Crippen LogP contribution in [0.4, 0.5) is 27.8 Å². The van der Waals surface area contributed by atoms with Gasteiger partial charge in [-0.1, -0.05) is 36.4 Å². The zero-order chi connectivity index (χ0) is 33.0. The van der Waals surface area contributed by atoms with Crippen LogP contribution in [0, 0.1) is 17.3 Å². The van der Waals surface area contributed by atoms with Crippen LogP contribution in [-0.2, 0) is 17.4 Å². The summed E-state index contributed by atoms with van der Waals surface area (Å²) in [5, 5.41) is 17.0. The highest BCUT2D eigenvalue weighted by Gasteiger charge is 2.46. The van der Waals surface area contributed by atoms with Crippen molar-refractivity contribution < 1.29 is 31.5 Å². The number of nitriles is 1. The van der Waals surface area contributed by atoms with Gasteiger partial charge in [0.25, 0.3) is 11.8 Å². The number of benzene rings is 3. The number of hydrogen-bond acceptors (Lipinski definition) is 5. The minimum Gasteiger partial charge on any atom is -0.339 e. The summed E-state index contributed by atoms with van der Waals surface area (Å²) >= 11 is 0. The molecule has 2 atom stereocenters. The Balaban J connectivity index is 1.69. The standard InChI is InChI=1S/C33H29F5N6O2/c1-2-43-31-28(26(15-17-42(20-39)18-16-34)41-44(31)25-9-4-3-5-10-25)27(21-11-13-24(35)14-12-21)29(32(43)46)40-30(45)22-7-6-8-23(19-22)33(36,37)38/h3-14,19,27,29H,2,15-18H2,1H3,(H,40,45)/t27-,29-/m0/s1. The van der Waals surface area contributed by atoms with Gasteiger partial charge in [-0.2, -0.15) is 23.5 Å². The molecule has 1 N–H and O–H groups in total. The summed E-state index contributed by atoms with van der Waals surface area (Å²) in [6, 6.07) is 16.9. The number of likely N-dealkylation sites (N-methyl/N-ethyl adjacent to an activating group) is 1. The first kappa shape index (κ1) is 32.2. The second kappa shape index (κ2) is 13.4. The highest BCUT2D eigenvalue weighted by Crippen LogP contribution is 2.44. The van der Waals surface area contributed by atoms with Crippen LogP contribution >= 0.6 is 0 Å². The number of nitrogens with one attached hydrogen (secondary N) is 1. The normalized spacial score (nSPS) is 16.1.